The van der Waals surface area contributed by atoms with Gasteiger partial charge in [-0.2, -0.15) is 0 Å². The quantitative estimate of drug-likeness (QED) is 0.797. The topological polar surface area (TPSA) is 39.6 Å². The highest BCUT2D eigenvalue weighted by Crippen LogP contribution is 2.18. The molecule has 16 heavy (non-hydrogen) atoms. The predicted molar refractivity (Wildman–Crippen MR) is 65.0 cm³/mol. The molecule has 4 nitrogen and oxygen atoms in total. The molecule has 0 atom stereocenters. The Morgan fingerprint density at radius 1 is 1.31 bits per heavy atom. The molecule has 1 aliphatic rings. The van der Waals surface area contributed by atoms with Crippen LogP contribution in [0.2, 0.25) is 5.15 Å². The fourth-order valence-electron chi connectivity index (χ4n) is 1.96. The molecule has 0 saturated carbocycles. The average Bonchev–Trinajstić information content (AvgIpc) is 2.30. The van der Waals surface area contributed by atoms with Gasteiger partial charge in [0.1, 0.15) is 5.15 Å². The largest absolute Gasteiger partial charge is 0.395 e. The average molecular weight is 242 g/mol. The van der Waals surface area contributed by atoms with Gasteiger partial charge in [-0.15, -0.1) is 0 Å². The number of piperazine rings is 1. The fourth-order valence-corrected chi connectivity index (χ4v) is 2.13. The minimum atomic E-state index is 0.237. The SMILES string of the molecule is OCCN1CCN(c2ccnc(Cl)c2)CC1. The summed E-state index contributed by atoms with van der Waals surface area (Å²) in [5, 5.41) is 9.39. The summed E-state index contributed by atoms with van der Waals surface area (Å²) in [4.78, 5) is 8.53. The summed E-state index contributed by atoms with van der Waals surface area (Å²) >= 11 is 5.86. The van der Waals surface area contributed by atoms with Crippen molar-refractivity contribution in [3.8, 4) is 0 Å². The summed E-state index contributed by atoms with van der Waals surface area (Å²) in [5.74, 6) is 0. The Kier molecular flexibility index (Phi) is 3.98. The van der Waals surface area contributed by atoms with E-state index in [0.29, 0.717) is 5.15 Å². The molecule has 1 saturated heterocycles. The minimum Gasteiger partial charge on any atom is -0.395 e. The first-order chi connectivity index (χ1) is 7.79. The zero-order chi connectivity index (χ0) is 11.4. The van der Waals surface area contributed by atoms with E-state index in [9.17, 15) is 0 Å². The summed E-state index contributed by atoms with van der Waals surface area (Å²) in [5.41, 5.74) is 1.13. The summed E-state index contributed by atoms with van der Waals surface area (Å²) in [6.45, 7) is 4.92. The Balaban J connectivity index is 1.94. The first-order valence-electron chi connectivity index (χ1n) is 5.49. The van der Waals surface area contributed by atoms with E-state index < -0.39 is 0 Å². The minimum absolute atomic E-state index is 0.237. The number of hydrogen-bond acceptors (Lipinski definition) is 4. The van der Waals surface area contributed by atoms with Crippen molar-refractivity contribution in [1.29, 1.82) is 0 Å². The van der Waals surface area contributed by atoms with Crippen LogP contribution in [0.1, 0.15) is 0 Å². The number of aliphatic hydroxyl groups is 1. The predicted octanol–water partition coefficient (Wildman–Crippen LogP) is 0.849. The van der Waals surface area contributed by atoms with Crippen LogP contribution >= 0.6 is 11.6 Å². The summed E-state index contributed by atoms with van der Waals surface area (Å²) in [6.07, 6.45) is 1.73. The van der Waals surface area contributed by atoms with Crippen molar-refractivity contribution in [3.05, 3.63) is 23.5 Å². The van der Waals surface area contributed by atoms with Crippen LogP contribution in [0.15, 0.2) is 18.3 Å². The standard InChI is InChI=1S/C11H16ClN3O/c12-11-9-10(1-2-13-11)15-5-3-14(4-6-15)7-8-16/h1-2,9,16H,3-8H2. The second-order valence-corrected chi connectivity index (χ2v) is 4.28. The molecule has 0 radical (unpaired) electrons. The van der Waals surface area contributed by atoms with Gasteiger partial charge < -0.3 is 10.0 Å². The normalized spacial score (nSPS) is 17.8. The van der Waals surface area contributed by atoms with Gasteiger partial charge in [0.05, 0.1) is 6.61 Å². The van der Waals surface area contributed by atoms with E-state index in [1.165, 1.54) is 0 Å². The van der Waals surface area contributed by atoms with E-state index in [1.54, 1.807) is 6.20 Å². The van der Waals surface area contributed by atoms with Gasteiger partial charge in [0.15, 0.2) is 0 Å². The second-order valence-electron chi connectivity index (χ2n) is 3.89. The molecule has 5 heteroatoms. The van der Waals surface area contributed by atoms with Crippen molar-refractivity contribution in [3.63, 3.8) is 0 Å². The zero-order valence-electron chi connectivity index (χ0n) is 9.14. The fraction of sp³-hybridized carbons (Fsp3) is 0.545. The lowest BCUT2D eigenvalue weighted by molar-refractivity contribution is 0.189. The van der Waals surface area contributed by atoms with Crippen molar-refractivity contribution >= 4 is 17.3 Å². The molecule has 1 fully saturated rings. The number of aliphatic hydroxyl groups excluding tert-OH is 1. The molecule has 2 heterocycles. The Morgan fingerprint density at radius 3 is 2.69 bits per heavy atom. The molecule has 0 bridgehead atoms. The number of nitrogens with zero attached hydrogens (tertiary/aromatic N) is 3. The van der Waals surface area contributed by atoms with Gasteiger partial charge in [-0.1, -0.05) is 11.6 Å². The van der Waals surface area contributed by atoms with Crippen molar-refractivity contribution in [2.45, 2.75) is 0 Å². The van der Waals surface area contributed by atoms with Crippen molar-refractivity contribution in [2.75, 3.05) is 44.2 Å². The van der Waals surface area contributed by atoms with E-state index in [-0.39, 0.29) is 6.61 Å². The van der Waals surface area contributed by atoms with Crippen molar-refractivity contribution in [1.82, 2.24) is 9.88 Å². The molecular formula is C11H16ClN3O. The van der Waals surface area contributed by atoms with Crippen LogP contribution < -0.4 is 4.90 Å². The van der Waals surface area contributed by atoms with Crippen LogP contribution in [0.3, 0.4) is 0 Å². The van der Waals surface area contributed by atoms with Crippen LogP contribution in [0.25, 0.3) is 0 Å². The van der Waals surface area contributed by atoms with Crippen LogP contribution in [0.5, 0.6) is 0 Å². The lowest BCUT2D eigenvalue weighted by atomic mass is 10.2. The smallest absolute Gasteiger partial charge is 0.131 e. The van der Waals surface area contributed by atoms with Crippen LogP contribution in [-0.4, -0.2) is 54.3 Å². The molecule has 2 rings (SSSR count). The third-order valence-electron chi connectivity index (χ3n) is 2.86. The number of halogens is 1. The van der Waals surface area contributed by atoms with Gasteiger partial charge in [0.2, 0.25) is 0 Å². The van der Waals surface area contributed by atoms with E-state index in [4.69, 9.17) is 16.7 Å². The summed E-state index contributed by atoms with van der Waals surface area (Å²) in [7, 11) is 0. The van der Waals surface area contributed by atoms with Crippen LogP contribution in [0, 0.1) is 0 Å². The van der Waals surface area contributed by atoms with Gasteiger partial charge in [-0.05, 0) is 12.1 Å². The van der Waals surface area contributed by atoms with Gasteiger partial charge in [0.25, 0.3) is 0 Å². The number of hydrogen-bond donors (Lipinski definition) is 1. The van der Waals surface area contributed by atoms with Gasteiger partial charge in [0, 0.05) is 44.6 Å². The number of β-amino-alcohol motifs (C(OH)–C–C–N with tert-alkyl or cyclic N) is 1. The van der Waals surface area contributed by atoms with E-state index in [2.05, 4.69) is 14.8 Å². The molecule has 1 aromatic rings. The highest BCUT2D eigenvalue weighted by molar-refractivity contribution is 6.29. The first-order valence-corrected chi connectivity index (χ1v) is 5.87. The number of rotatable bonds is 3. The third-order valence-corrected chi connectivity index (χ3v) is 3.07. The molecule has 0 unspecified atom stereocenters. The van der Waals surface area contributed by atoms with Gasteiger partial charge >= 0.3 is 0 Å². The molecule has 1 aliphatic heterocycles. The van der Waals surface area contributed by atoms with Gasteiger partial charge in [-0.25, -0.2) is 4.98 Å². The summed E-state index contributed by atoms with van der Waals surface area (Å²) in [6, 6.07) is 3.87. The Labute approximate surface area is 100 Å². The highest BCUT2D eigenvalue weighted by atomic mass is 35.5. The molecule has 0 amide bonds. The van der Waals surface area contributed by atoms with E-state index in [1.807, 2.05) is 12.1 Å². The molecule has 88 valence electrons. The number of pyridine rings is 1. The zero-order valence-corrected chi connectivity index (χ0v) is 9.90. The van der Waals surface area contributed by atoms with Gasteiger partial charge in [-0.3, -0.25) is 4.90 Å². The number of anilines is 1. The molecule has 1 aromatic heterocycles. The summed E-state index contributed by atoms with van der Waals surface area (Å²) < 4.78 is 0. The van der Waals surface area contributed by atoms with Crippen LogP contribution in [-0.2, 0) is 0 Å². The first kappa shape index (κ1) is 11.6. The Bertz CT molecular complexity index is 340. The lowest BCUT2D eigenvalue weighted by Crippen LogP contribution is -2.47. The maximum atomic E-state index is 8.86. The van der Waals surface area contributed by atoms with Crippen molar-refractivity contribution in [2.24, 2.45) is 0 Å². The molecule has 0 spiro atoms. The van der Waals surface area contributed by atoms with E-state index >= 15 is 0 Å². The Hall–Kier alpha value is -0.840. The highest BCUT2D eigenvalue weighted by Gasteiger charge is 2.16. The lowest BCUT2D eigenvalue weighted by Gasteiger charge is -2.35. The van der Waals surface area contributed by atoms with Crippen LogP contribution in [0.4, 0.5) is 5.69 Å². The van der Waals surface area contributed by atoms with E-state index in [0.717, 1.165) is 38.4 Å². The third kappa shape index (κ3) is 2.84. The molecule has 1 N–H and O–H groups in total. The Morgan fingerprint density at radius 2 is 2.06 bits per heavy atom. The molecule has 0 aromatic carbocycles. The number of aromatic nitrogens is 1. The monoisotopic (exact) mass is 241 g/mol. The second kappa shape index (κ2) is 5.48. The van der Waals surface area contributed by atoms with Crippen molar-refractivity contribution < 1.29 is 5.11 Å². The maximum absolute atomic E-state index is 8.86. The maximum Gasteiger partial charge on any atom is 0.131 e. The molecular weight excluding hydrogens is 226 g/mol. The molecule has 0 aliphatic carbocycles.